The molecule has 0 saturated heterocycles. The summed E-state index contributed by atoms with van der Waals surface area (Å²) < 4.78 is 1.12. The Morgan fingerprint density at radius 1 is 1.19 bits per heavy atom. The molecule has 0 bridgehead atoms. The van der Waals surface area contributed by atoms with Crippen molar-refractivity contribution in [3.8, 4) is 11.3 Å². The predicted octanol–water partition coefficient (Wildman–Crippen LogP) is 2.24. The van der Waals surface area contributed by atoms with Crippen molar-refractivity contribution in [2.45, 2.75) is 13.3 Å². The summed E-state index contributed by atoms with van der Waals surface area (Å²) in [7, 11) is 0. The van der Waals surface area contributed by atoms with E-state index in [9.17, 15) is 5.21 Å². The summed E-state index contributed by atoms with van der Waals surface area (Å²) in [6, 6.07) is 9.72. The standard InChI is InChI=1S/C13H15NO2/c1-10-4-2-3-5-12(10)13-11(7-9-15)6-8-14(13)16/h2-6,8,15-16H,7,9H2,1H3. The maximum Gasteiger partial charge on any atom is 0.0900 e. The molecule has 3 nitrogen and oxygen atoms in total. The lowest BCUT2D eigenvalue weighted by molar-refractivity contribution is 0.191. The zero-order valence-corrected chi connectivity index (χ0v) is 9.22. The highest BCUT2D eigenvalue weighted by Crippen LogP contribution is 2.27. The SMILES string of the molecule is Cc1ccccc1-c1c(CCO)ccn1O. The van der Waals surface area contributed by atoms with Crippen LogP contribution in [0.15, 0.2) is 36.5 Å². The normalized spacial score (nSPS) is 10.6. The maximum absolute atomic E-state index is 9.77. The zero-order chi connectivity index (χ0) is 11.5. The van der Waals surface area contributed by atoms with Crippen molar-refractivity contribution in [2.75, 3.05) is 6.61 Å². The number of aliphatic hydroxyl groups is 1. The first-order chi connectivity index (χ1) is 7.74. The lowest BCUT2D eigenvalue weighted by Crippen LogP contribution is -1.98. The van der Waals surface area contributed by atoms with E-state index in [4.69, 9.17) is 5.11 Å². The Morgan fingerprint density at radius 3 is 2.62 bits per heavy atom. The fourth-order valence-corrected chi connectivity index (χ4v) is 1.92. The second kappa shape index (κ2) is 4.41. The topological polar surface area (TPSA) is 45.4 Å². The van der Waals surface area contributed by atoms with Gasteiger partial charge in [0, 0.05) is 18.4 Å². The molecule has 2 N–H and O–H groups in total. The van der Waals surface area contributed by atoms with Crippen molar-refractivity contribution in [1.29, 1.82) is 0 Å². The fourth-order valence-electron chi connectivity index (χ4n) is 1.92. The molecule has 0 fully saturated rings. The van der Waals surface area contributed by atoms with Crippen molar-refractivity contribution < 1.29 is 10.3 Å². The molecule has 3 heteroatoms. The van der Waals surface area contributed by atoms with E-state index in [-0.39, 0.29) is 6.61 Å². The van der Waals surface area contributed by atoms with E-state index in [1.165, 1.54) is 0 Å². The minimum absolute atomic E-state index is 0.0862. The third-order valence-corrected chi connectivity index (χ3v) is 2.73. The quantitative estimate of drug-likeness (QED) is 0.774. The smallest absolute Gasteiger partial charge is 0.0900 e. The summed E-state index contributed by atoms with van der Waals surface area (Å²) in [5.74, 6) is 0. The summed E-state index contributed by atoms with van der Waals surface area (Å²) in [6.45, 7) is 2.09. The first kappa shape index (κ1) is 10.8. The molecule has 0 spiro atoms. The number of hydrogen-bond donors (Lipinski definition) is 2. The highest BCUT2D eigenvalue weighted by molar-refractivity contribution is 5.67. The molecular weight excluding hydrogens is 202 g/mol. The van der Waals surface area contributed by atoms with Crippen molar-refractivity contribution >= 4 is 0 Å². The molecule has 0 radical (unpaired) electrons. The number of aromatic nitrogens is 1. The van der Waals surface area contributed by atoms with E-state index in [0.29, 0.717) is 6.42 Å². The molecule has 0 atom stereocenters. The van der Waals surface area contributed by atoms with Crippen LogP contribution in [-0.4, -0.2) is 21.7 Å². The molecular formula is C13H15NO2. The molecule has 2 aromatic rings. The van der Waals surface area contributed by atoms with Gasteiger partial charge in [-0.3, -0.25) is 0 Å². The molecule has 0 unspecified atom stereocenters. The lowest BCUT2D eigenvalue weighted by atomic mass is 10.0. The Kier molecular flexibility index (Phi) is 2.97. The highest BCUT2D eigenvalue weighted by atomic mass is 16.5. The first-order valence-corrected chi connectivity index (χ1v) is 5.30. The van der Waals surface area contributed by atoms with Crippen molar-refractivity contribution in [3.63, 3.8) is 0 Å². The van der Waals surface area contributed by atoms with Crippen LogP contribution in [0.3, 0.4) is 0 Å². The van der Waals surface area contributed by atoms with E-state index < -0.39 is 0 Å². The summed E-state index contributed by atoms with van der Waals surface area (Å²) in [5, 5.41) is 18.7. The molecule has 1 aromatic carbocycles. The molecule has 0 aliphatic heterocycles. The number of aliphatic hydroxyl groups excluding tert-OH is 1. The summed E-state index contributed by atoms with van der Waals surface area (Å²) in [4.78, 5) is 0. The predicted molar refractivity (Wildman–Crippen MR) is 62.6 cm³/mol. The van der Waals surface area contributed by atoms with Crippen LogP contribution in [0.1, 0.15) is 11.1 Å². The van der Waals surface area contributed by atoms with Crippen LogP contribution >= 0.6 is 0 Å². The number of aryl methyl sites for hydroxylation is 1. The number of benzene rings is 1. The van der Waals surface area contributed by atoms with E-state index >= 15 is 0 Å². The van der Waals surface area contributed by atoms with Gasteiger partial charge in [-0.25, -0.2) is 0 Å². The number of rotatable bonds is 3. The Balaban J connectivity index is 2.54. The van der Waals surface area contributed by atoms with Crippen LogP contribution in [0.2, 0.25) is 0 Å². The van der Waals surface area contributed by atoms with Gasteiger partial charge in [0.25, 0.3) is 0 Å². The van der Waals surface area contributed by atoms with E-state index in [1.807, 2.05) is 37.3 Å². The summed E-state index contributed by atoms with van der Waals surface area (Å²) in [5.41, 5.74) is 3.83. The van der Waals surface area contributed by atoms with Crippen LogP contribution < -0.4 is 0 Å². The van der Waals surface area contributed by atoms with Gasteiger partial charge in [-0.2, -0.15) is 4.73 Å². The molecule has 0 aliphatic carbocycles. The average molecular weight is 217 g/mol. The van der Waals surface area contributed by atoms with Crippen molar-refractivity contribution in [1.82, 2.24) is 4.73 Å². The monoisotopic (exact) mass is 217 g/mol. The van der Waals surface area contributed by atoms with Gasteiger partial charge < -0.3 is 10.3 Å². The number of hydrogen-bond acceptors (Lipinski definition) is 2. The first-order valence-electron chi connectivity index (χ1n) is 5.30. The second-order valence-corrected chi connectivity index (χ2v) is 3.82. The van der Waals surface area contributed by atoms with E-state index in [1.54, 1.807) is 6.20 Å². The van der Waals surface area contributed by atoms with Gasteiger partial charge in [-0.15, -0.1) is 0 Å². The van der Waals surface area contributed by atoms with Gasteiger partial charge in [0.15, 0.2) is 0 Å². The Hall–Kier alpha value is -1.74. The maximum atomic E-state index is 9.77. The van der Waals surface area contributed by atoms with Gasteiger partial charge in [0.2, 0.25) is 0 Å². The molecule has 2 rings (SSSR count). The van der Waals surface area contributed by atoms with Crippen LogP contribution in [0, 0.1) is 6.92 Å². The molecule has 1 heterocycles. The van der Waals surface area contributed by atoms with E-state index in [0.717, 1.165) is 27.1 Å². The number of nitrogens with zero attached hydrogens (tertiary/aromatic N) is 1. The van der Waals surface area contributed by atoms with Crippen LogP contribution in [-0.2, 0) is 6.42 Å². The Morgan fingerprint density at radius 2 is 1.94 bits per heavy atom. The van der Waals surface area contributed by atoms with Crippen molar-refractivity contribution in [2.24, 2.45) is 0 Å². The minimum Gasteiger partial charge on any atom is -0.428 e. The van der Waals surface area contributed by atoms with Crippen LogP contribution in [0.5, 0.6) is 0 Å². The third-order valence-electron chi connectivity index (χ3n) is 2.73. The second-order valence-electron chi connectivity index (χ2n) is 3.82. The lowest BCUT2D eigenvalue weighted by Gasteiger charge is -2.08. The van der Waals surface area contributed by atoms with Crippen LogP contribution in [0.25, 0.3) is 11.3 Å². The highest BCUT2D eigenvalue weighted by Gasteiger charge is 2.12. The summed E-state index contributed by atoms with van der Waals surface area (Å²) >= 11 is 0. The largest absolute Gasteiger partial charge is 0.428 e. The molecule has 16 heavy (non-hydrogen) atoms. The zero-order valence-electron chi connectivity index (χ0n) is 9.22. The van der Waals surface area contributed by atoms with Crippen molar-refractivity contribution in [3.05, 3.63) is 47.7 Å². The van der Waals surface area contributed by atoms with Gasteiger partial charge in [0.1, 0.15) is 0 Å². The van der Waals surface area contributed by atoms with E-state index in [2.05, 4.69) is 0 Å². The molecule has 1 aromatic heterocycles. The molecule has 0 aliphatic rings. The van der Waals surface area contributed by atoms with Gasteiger partial charge in [0.05, 0.1) is 5.69 Å². The Bertz CT molecular complexity index is 488. The molecule has 0 amide bonds. The fraction of sp³-hybridized carbons (Fsp3) is 0.231. The Labute approximate surface area is 94.5 Å². The average Bonchev–Trinajstić information content (AvgIpc) is 2.62. The molecule has 0 saturated carbocycles. The minimum atomic E-state index is 0.0862. The molecule has 84 valence electrons. The van der Waals surface area contributed by atoms with Gasteiger partial charge >= 0.3 is 0 Å². The van der Waals surface area contributed by atoms with Gasteiger partial charge in [-0.05, 0) is 30.5 Å². The van der Waals surface area contributed by atoms with Gasteiger partial charge in [-0.1, -0.05) is 24.3 Å². The van der Waals surface area contributed by atoms with Crippen LogP contribution in [0.4, 0.5) is 0 Å². The third kappa shape index (κ3) is 1.82. The summed E-state index contributed by atoms with van der Waals surface area (Å²) in [6.07, 6.45) is 2.16.